The van der Waals surface area contributed by atoms with Gasteiger partial charge in [0.1, 0.15) is 0 Å². The molecule has 1 fully saturated rings. The van der Waals surface area contributed by atoms with Gasteiger partial charge in [-0.2, -0.15) is 0 Å². The van der Waals surface area contributed by atoms with Crippen LogP contribution in [-0.2, 0) is 16.6 Å². The highest BCUT2D eigenvalue weighted by atomic mass is 32.2. The number of sulfonamides is 1. The summed E-state index contributed by atoms with van der Waals surface area (Å²) in [5, 5.41) is 1.99. The molecule has 3 rings (SSSR count). The van der Waals surface area contributed by atoms with Crippen molar-refractivity contribution in [3.63, 3.8) is 0 Å². The van der Waals surface area contributed by atoms with Gasteiger partial charge in [0, 0.05) is 23.5 Å². The summed E-state index contributed by atoms with van der Waals surface area (Å²) in [7, 11) is -3.24. The standard InChI is InChI=1S/C17H20N2O3S2/c1-2-18(13-16-8-4-10-23-16)17(20)14-6-3-7-15(12-14)19-9-5-11-24(19,21)22/h3-4,6-8,10,12H,2,5,9,11,13H2,1H3. The van der Waals surface area contributed by atoms with Crippen LogP contribution in [0, 0.1) is 0 Å². The first-order valence-electron chi connectivity index (χ1n) is 7.93. The molecule has 0 radical (unpaired) electrons. The molecule has 1 aliphatic rings. The number of carbonyl (C=O) groups is 1. The smallest absolute Gasteiger partial charge is 0.254 e. The van der Waals surface area contributed by atoms with Gasteiger partial charge < -0.3 is 4.90 Å². The number of rotatable bonds is 5. The lowest BCUT2D eigenvalue weighted by molar-refractivity contribution is 0.0754. The Balaban J connectivity index is 1.83. The van der Waals surface area contributed by atoms with Gasteiger partial charge in [0.05, 0.1) is 18.0 Å². The molecule has 0 bridgehead atoms. The lowest BCUT2D eigenvalue weighted by atomic mass is 10.1. The first-order valence-corrected chi connectivity index (χ1v) is 10.4. The number of anilines is 1. The van der Waals surface area contributed by atoms with E-state index in [0.29, 0.717) is 37.3 Å². The molecular formula is C17H20N2O3S2. The van der Waals surface area contributed by atoms with Crippen LogP contribution in [0.25, 0.3) is 0 Å². The van der Waals surface area contributed by atoms with E-state index in [1.165, 1.54) is 4.31 Å². The first-order chi connectivity index (χ1) is 11.5. The van der Waals surface area contributed by atoms with Crippen LogP contribution in [-0.4, -0.2) is 38.1 Å². The molecule has 7 heteroatoms. The fraction of sp³-hybridized carbons (Fsp3) is 0.353. The van der Waals surface area contributed by atoms with Crippen molar-refractivity contribution in [1.29, 1.82) is 0 Å². The second-order valence-corrected chi connectivity index (χ2v) is 8.74. The number of hydrogen-bond acceptors (Lipinski definition) is 4. The van der Waals surface area contributed by atoms with E-state index in [-0.39, 0.29) is 11.7 Å². The fourth-order valence-corrected chi connectivity index (χ4v) is 5.10. The summed E-state index contributed by atoms with van der Waals surface area (Å²) in [6.45, 7) is 3.59. The Labute approximate surface area is 146 Å². The van der Waals surface area contributed by atoms with Crippen molar-refractivity contribution >= 4 is 33.0 Å². The van der Waals surface area contributed by atoms with E-state index in [2.05, 4.69) is 0 Å². The van der Waals surface area contributed by atoms with Crippen LogP contribution in [0.5, 0.6) is 0 Å². The van der Waals surface area contributed by atoms with Gasteiger partial charge in [-0.3, -0.25) is 9.10 Å². The molecule has 1 aromatic heterocycles. The van der Waals surface area contributed by atoms with Crippen LogP contribution in [0.3, 0.4) is 0 Å². The van der Waals surface area contributed by atoms with Crippen molar-refractivity contribution < 1.29 is 13.2 Å². The average Bonchev–Trinajstić information content (AvgIpc) is 3.21. The Hall–Kier alpha value is -1.86. The molecule has 2 heterocycles. The van der Waals surface area contributed by atoms with Gasteiger partial charge in [-0.15, -0.1) is 11.3 Å². The van der Waals surface area contributed by atoms with Gasteiger partial charge in [0.25, 0.3) is 5.91 Å². The topological polar surface area (TPSA) is 57.7 Å². The number of amides is 1. The number of carbonyl (C=O) groups excluding carboxylic acids is 1. The van der Waals surface area contributed by atoms with E-state index in [0.717, 1.165) is 4.88 Å². The number of benzene rings is 1. The molecule has 0 N–H and O–H groups in total. The molecule has 5 nitrogen and oxygen atoms in total. The number of thiophene rings is 1. The summed E-state index contributed by atoms with van der Waals surface area (Å²) in [6, 6.07) is 10.9. The third-order valence-corrected chi connectivity index (χ3v) is 6.81. The molecule has 0 spiro atoms. The maximum absolute atomic E-state index is 12.8. The molecule has 0 atom stereocenters. The normalized spacial score (nSPS) is 16.3. The predicted molar refractivity (Wildman–Crippen MR) is 96.9 cm³/mol. The summed E-state index contributed by atoms with van der Waals surface area (Å²) in [5.74, 6) is 0.0920. The molecule has 2 aromatic rings. The Kier molecular flexibility index (Phi) is 4.91. The van der Waals surface area contributed by atoms with Crippen LogP contribution in [0.15, 0.2) is 41.8 Å². The second-order valence-electron chi connectivity index (χ2n) is 5.69. The monoisotopic (exact) mass is 364 g/mol. The highest BCUT2D eigenvalue weighted by Gasteiger charge is 2.29. The van der Waals surface area contributed by atoms with Crippen molar-refractivity contribution in [2.45, 2.75) is 19.9 Å². The van der Waals surface area contributed by atoms with Crippen molar-refractivity contribution in [2.75, 3.05) is 23.1 Å². The maximum Gasteiger partial charge on any atom is 0.254 e. The van der Waals surface area contributed by atoms with Crippen molar-refractivity contribution in [2.24, 2.45) is 0 Å². The molecule has 0 aliphatic carbocycles. The quantitative estimate of drug-likeness (QED) is 0.820. The van der Waals surface area contributed by atoms with E-state index >= 15 is 0 Å². The van der Waals surface area contributed by atoms with Gasteiger partial charge in [-0.05, 0) is 43.0 Å². The summed E-state index contributed by atoms with van der Waals surface area (Å²) in [5.41, 5.74) is 1.10. The van der Waals surface area contributed by atoms with Crippen LogP contribution in [0.1, 0.15) is 28.6 Å². The molecule has 1 amide bonds. The van der Waals surface area contributed by atoms with Gasteiger partial charge in [-0.25, -0.2) is 8.42 Å². The zero-order valence-electron chi connectivity index (χ0n) is 13.5. The second kappa shape index (κ2) is 6.94. The Morgan fingerprint density at radius 3 is 2.75 bits per heavy atom. The summed E-state index contributed by atoms with van der Waals surface area (Å²) in [6.07, 6.45) is 0.625. The van der Waals surface area contributed by atoms with E-state index in [9.17, 15) is 13.2 Å². The summed E-state index contributed by atoms with van der Waals surface area (Å²) >= 11 is 1.62. The van der Waals surface area contributed by atoms with E-state index < -0.39 is 10.0 Å². The van der Waals surface area contributed by atoms with Gasteiger partial charge in [-0.1, -0.05) is 12.1 Å². The molecule has 0 unspecified atom stereocenters. The largest absolute Gasteiger partial charge is 0.334 e. The molecule has 128 valence electrons. The fourth-order valence-electron chi connectivity index (χ4n) is 2.82. The lowest BCUT2D eigenvalue weighted by Crippen LogP contribution is -2.30. The zero-order chi connectivity index (χ0) is 17.2. The average molecular weight is 364 g/mol. The van der Waals surface area contributed by atoms with Crippen LogP contribution < -0.4 is 4.31 Å². The highest BCUT2D eigenvalue weighted by Crippen LogP contribution is 2.25. The van der Waals surface area contributed by atoms with Crippen LogP contribution in [0.4, 0.5) is 5.69 Å². The SMILES string of the molecule is CCN(Cc1cccs1)C(=O)c1cccc(N2CCCS2(=O)=O)c1. The molecule has 1 saturated heterocycles. The van der Waals surface area contributed by atoms with Gasteiger partial charge >= 0.3 is 0 Å². The molecule has 0 saturated carbocycles. The van der Waals surface area contributed by atoms with Gasteiger partial charge in [0.2, 0.25) is 10.0 Å². The van der Waals surface area contributed by atoms with Crippen molar-refractivity contribution in [1.82, 2.24) is 4.90 Å². The minimum Gasteiger partial charge on any atom is -0.334 e. The van der Waals surface area contributed by atoms with E-state index in [1.54, 1.807) is 40.5 Å². The van der Waals surface area contributed by atoms with E-state index in [4.69, 9.17) is 0 Å². The first kappa shape index (κ1) is 17.0. The molecule has 1 aromatic carbocycles. The molecule has 24 heavy (non-hydrogen) atoms. The Morgan fingerprint density at radius 1 is 1.29 bits per heavy atom. The maximum atomic E-state index is 12.8. The minimum atomic E-state index is -3.24. The van der Waals surface area contributed by atoms with Crippen LogP contribution in [0.2, 0.25) is 0 Å². The predicted octanol–water partition coefficient (Wildman–Crippen LogP) is 2.95. The zero-order valence-corrected chi connectivity index (χ0v) is 15.1. The Morgan fingerprint density at radius 2 is 2.12 bits per heavy atom. The third-order valence-electron chi connectivity index (χ3n) is 4.08. The van der Waals surface area contributed by atoms with Crippen LogP contribution >= 0.6 is 11.3 Å². The third kappa shape index (κ3) is 3.47. The number of hydrogen-bond donors (Lipinski definition) is 0. The molecule has 1 aliphatic heterocycles. The lowest BCUT2D eigenvalue weighted by Gasteiger charge is -2.22. The molecular weight excluding hydrogens is 344 g/mol. The minimum absolute atomic E-state index is 0.0793. The highest BCUT2D eigenvalue weighted by molar-refractivity contribution is 7.93. The Bertz CT molecular complexity index is 816. The number of nitrogens with zero attached hydrogens (tertiary/aromatic N) is 2. The summed E-state index contributed by atoms with van der Waals surface area (Å²) < 4.78 is 25.6. The van der Waals surface area contributed by atoms with Crippen molar-refractivity contribution in [3.8, 4) is 0 Å². The van der Waals surface area contributed by atoms with Gasteiger partial charge in [0.15, 0.2) is 0 Å². The van der Waals surface area contributed by atoms with Crippen molar-refractivity contribution in [3.05, 3.63) is 52.2 Å². The van der Waals surface area contributed by atoms with E-state index in [1.807, 2.05) is 24.4 Å². The summed E-state index contributed by atoms with van der Waals surface area (Å²) in [4.78, 5) is 15.7.